The van der Waals surface area contributed by atoms with Gasteiger partial charge in [-0.1, -0.05) is 121 Å². The minimum absolute atomic E-state index is 0.000131. The Balaban J connectivity index is 1.24. The number of carboxylic acids is 1. The Morgan fingerprint density at radius 1 is 0.729 bits per heavy atom. The lowest BCUT2D eigenvalue weighted by Gasteiger charge is -2.72. The van der Waals surface area contributed by atoms with E-state index in [1.807, 2.05) is 6.07 Å². The van der Waals surface area contributed by atoms with E-state index in [4.69, 9.17) is 9.47 Å². The summed E-state index contributed by atoms with van der Waals surface area (Å²) in [6, 6.07) is 21.0. The van der Waals surface area contributed by atoms with Gasteiger partial charge in [-0.2, -0.15) is 0 Å². The molecule has 0 heterocycles. The number of carbonyl (C=O) groups is 1. The molecule has 0 amide bonds. The Bertz CT molecular complexity index is 1530. The maximum Gasteiger partial charge on any atom is 0.312 e. The van der Waals surface area contributed by atoms with E-state index in [2.05, 4.69) is 109 Å². The molecule has 0 radical (unpaired) electrons. The molecule has 7 rings (SSSR count). The second kappa shape index (κ2) is 11.8. The van der Waals surface area contributed by atoms with Crippen LogP contribution >= 0.6 is 0 Å². The molecule has 48 heavy (non-hydrogen) atoms. The third-order valence-corrected chi connectivity index (χ3v) is 15.6. The molecule has 2 aromatic rings. The molecule has 4 heteroatoms. The van der Waals surface area contributed by atoms with Gasteiger partial charge in [0.15, 0.2) is 0 Å². The van der Waals surface area contributed by atoms with Gasteiger partial charge in [0.1, 0.15) is 5.41 Å². The quantitative estimate of drug-likeness (QED) is 0.303. The van der Waals surface area contributed by atoms with Gasteiger partial charge in [-0.05, 0) is 114 Å². The number of carboxylic acid groups (broad SMARTS) is 1. The third kappa shape index (κ3) is 5.09. The molecule has 9 atom stereocenters. The van der Waals surface area contributed by atoms with Crippen LogP contribution in [-0.2, 0) is 27.5 Å². The van der Waals surface area contributed by atoms with Gasteiger partial charge >= 0.3 is 5.97 Å². The van der Waals surface area contributed by atoms with Gasteiger partial charge in [0.05, 0.1) is 25.4 Å². The van der Waals surface area contributed by atoms with E-state index in [0.29, 0.717) is 31.5 Å². The van der Waals surface area contributed by atoms with Gasteiger partial charge < -0.3 is 14.6 Å². The van der Waals surface area contributed by atoms with Crippen LogP contribution in [0.2, 0.25) is 0 Å². The normalized spacial score (nSPS) is 41.1. The van der Waals surface area contributed by atoms with E-state index >= 15 is 0 Å². The molecule has 0 aliphatic heterocycles. The van der Waals surface area contributed by atoms with Crippen molar-refractivity contribution >= 4 is 5.97 Å². The molecule has 260 valence electrons. The average Bonchev–Trinajstić information content (AvgIpc) is 3.04. The molecule has 5 aliphatic carbocycles. The Hall–Kier alpha value is -2.43. The maximum atomic E-state index is 13.7. The lowest BCUT2D eigenvalue weighted by molar-refractivity contribution is -0.230. The molecule has 4 nitrogen and oxygen atoms in total. The summed E-state index contributed by atoms with van der Waals surface area (Å²) >= 11 is 0. The standard InChI is InChI=1S/C44H60O4/c1-39(2)24-25-44(38(45)46)33(26-39)32-18-19-35-41(5)22-21-36(47-28-30-14-10-8-11-15-30)40(3,4)34(41)20-23-42(35,6)43(32,7)27-37(44)48-29-31-16-12-9-13-17-31/h8-18,33-37H,19-29H2,1-7H3,(H,45,46)/t33?,34?,35?,36-,37+,41-,42+,43+,44+/m0/s1. The van der Waals surface area contributed by atoms with Crippen molar-refractivity contribution in [1.29, 1.82) is 0 Å². The highest BCUT2D eigenvalue weighted by Crippen LogP contribution is 2.76. The van der Waals surface area contributed by atoms with E-state index in [9.17, 15) is 9.90 Å². The van der Waals surface area contributed by atoms with Crippen molar-refractivity contribution in [2.75, 3.05) is 0 Å². The zero-order valence-corrected chi connectivity index (χ0v) is 30.7. The zero-order chi connectivity index (χ0) is 34.2. The van der Waals surface area contributed by atoms with Crippen molar-refractivity contribution < 1.29 is 19.4 Å². The van der Waals surface area contributed by atoms with Crippen LogP contribution in [-0.4, -0.2) is 23.3 Å². The summed E-state index contributed by atoms with van der Waals surface area (Å²) in [5, 5.41) is 11.2. The maximum absolute atomic E-state index is 13.7. The molecule has 0 bridgehead atoms. The summed E-state index contributed by atoms with van der Waals surface area (Å²) in [5.41, 5.74) is 3.27. The van der Waals surface area contributed by atoms with Crippen LogP contribution in [0.1, 0.15) is 117 Å². The molecule has 4 fully saturated rings. The molecule has 2 aromatic carbocycles. The fraction of sp³-hybridized carbons (Fsp3) is 0.659. The van der Waals surface area contributed by atoms with E-state index < -0.39 is 11.4 Å². The van der Waals surface area contributed by atoms with Crippen molar-refractivity contribution in [3.05, 3.63) is 83.4 Å². The van der Waals surface area contributed by atoms with Crippen molar-refractivity contribution in [2.24, 2.45) is 50.2 Å². The number of benzene rings is 2. The van der Waals surface area contributed by atoms with Crippen molar-refractivity contribution in [2.45, 2.75) is 132 Å². The number of ether oxygens (including phenoxy) is 2. The molecule has 0 saturated heterocycles. The van der Waals surface area contributed by atoms with E-state index in [0.717, 1.165) is 37.7 Å². The predicted octanol–water partition coefficient (Wildman–Crippen LogP) is 10.7. The second-order valence-electron chi connectivity index (χ2n) is 18.7. The highest BCUT2D eigenvalue weighted by atomic mass is 16.5. The predicted molar refractivity (Wildman–Crippen MR) is 192 cm³/mol. The Morgan fingerprint density at radius 3 is 1.94 bits per heavy atom. The number of rotatable bonds is 7. The van der Waals surface area contributed by atoms with E-state index in [1.165, 1.54) is 30.4 Å². The number of aliphatic carboxylic acids is 1. The van der Waals surface area contributed by atoms with E-state index in [1.54, 1.807) is 0 Å². The first-order valence-corrected chi connectivity index (χ1v) is 18.9. The first kappa shape index (κ1) is 34.0. The van der Waals surface area contributed by atoms with Gasteiger partial charge in [0, 0.05) is 0 Å². The Kier molecular flexibility index (Phi) is 8.39. The second-order valence-corrected chi connectivity index (χ2v) is 18.7. The molecule has 0 spiro atoms. The smallest absolute Gasteiger partial charge is 0.312 e. The van der Waals surface area contributed by atoms with Crippen molar-refractivity contribution in [3.8, 4) is 0 Å². The summed E-state index contributed by atoms with van der Waals surface area (Å²) in [7, 11) is 0. The number of fused-ring (bicyclic) bond motifs is 7. The van der Waals surface area contributed by atoms with Gasteiger partial charge in [0.25, 0.3) is 0 Å². The van der Waals surface area contributed by atoms with Gasteiger partial charge in [0.2, 0.25) is 0 Å². The summed E-state index contributed by atoms with van der Waals surface area (Å²) < 4.78 is 13.7. The van der Waals surface area contributed by atoms with Crippen LogP contribution in [0.4, 0.5) is 0 Å². The van der Waals surface area contributed by atoms with Crippen LogP contribution in [0.25, 0.3) is 0 Å². The molecule has 4 saturated carbocycles. The van der Waals surface area contributed by atoms with Crippen LogP contribution in [0, 0.1) is 50.2 Å². The summed E-state index contributed by atoms with van der Waals surface area (Å²) in [6.07, 6.45) is 11.5. The molecule has 0 aromatic heterocycles. The first-order chi connectivity index (χ1) is 22.7. The minimum atomic E-state index is -0.879. The topological polar surface area (TPSA) is 55.8 Å². The SMILES string of the molecule is CC1(C)CC[C@@]2(C(=O)O)C(C1)C1=CCC3[C@@]4(C)CC[C@H](OCc5ccccc5)C(C)(C)C4CC[C@@]3(C)[C@]1(C)C[C@H]2OCc1ccccc1. The minimum Gasteiger partial charge on any atom is -0.481 e. The molecular formula is C44H60O4. The number of hydrogen-bond donors (Lipinski definition) is 1. The van der Waals surface area contributed by atoms with Crippen LogP contribution in [0.3, 0.4) is 0 Å². The summed E-state index contributed by atoms with van der Waals surface area (Å²) in [5.74, 6) is 0.467. The largest absolute Gasteiger partial charge is 0.481 e. The van der Waals surface area contributed by atoms with Crippen LogP contribution in [0.5, 0.6) is 0 Å². The van der Waals surface area contributed by atoms with Gasteiger partial charge in [-0.3, -0.25) is 4.79 Å². The lowest BCUT2D eigenvalue weighted by Crippen LogP contribution is -2.67. The highest BCUT2D eigenvalue weighted by Gasteiger charge is 2.71. The molecule has 1 N–H and O–H groups in total. The Morgan fingerprint density at radius 2 is 1.33 bits per heavy atom. The van der Waals surface area contributed by atoms with Crippen molar-refractivity contribution in [3.63, 3.8) is 0 Å². The first-order valence-electron chi connectivity index (χ1n) is 18.9. The number of allylic oxidation sites excluding steroid dienone is 2. The fourth-order valence-corrected chi connectivity index (χ4v) is 12.7. The fourth-order valence-electron chi connectivity index (χ4n) is 12.7. The Labute approximate surface area is 290 Å². The molecule has 5 aliphatic rings. The number of hydrogen-bond acceptors (Lipinski definition) is 3. The van der Waals surface area contributed by atoms with E-state index in [-0.39, 0.29) is 45.2 Å². The molecular weight excluding hydrogens is 592 g/mol. The lowest BCUT2D eigenvalue weighted by atomic mass is 9.33. The third-order valence-electron chi connectivity index (χ3n) is 15.6. The highest BCUT2D eigenvalue weighted by molar-refractivity contribution is 5.77. The zero-order valence-electron chi connectivity index (χ0n) is 30.7. The van der Waals surface area contributed by atoms with Gasteiger partial charge in [-0.25, -0.2) is 0 Å². The molecule has 3 unspecified atom stereocenters. The van der Waals surface area contributed by atoms with Crippen molar-refractivity contribution in [1.82, 2.24) is 0 Å². The summed E-state index contributed by atoms with van der Waals surface area (Å²) in [6.45, 7) is 18.6. The summed E-state index contributed by atoms with van der Waals surface area (Å²) in [4.78, 5) is 13.7. The van der Waals surface area contributed by atoms with Crippen LogP contribution in [0.15, 0.2) is 72.3 Å². The van der Waals surface area contributed by atoms with Gasteiger partial charge in [-0.15, -0.1) is 0 Å². The average molecular weight is 653 g/mol. The van der Waals surface area contributed by atoms with Crippen LogP contribution < -0.4 is 0 Å². The monoisotopic (exact) mass is 652 g/mol.